The number of carbonyl (C=O) groups is 1. The van der Waals surface area contributed by atoms with Crippen molar-refractivity contribution in [1.29, 1.82) is 0 Å². The number of nitro groups is 1. The highest BCUT2D eigenvalue weighted by Gasteiger charge is 2.30. The summed E-state index contributed by atoms with van der Waals surface area (Å²) >= 11 is 0. The molecule has 114 valence electrons. The van der Waals surface area contributed by atoms with Crippen molar-refractivity contribution < 1.29 is 14.1 Å². The van der Waals surface area contributed by atoms with Crippen LogP contribution in [0, 0.1) is 21.8 Å². The molecule has 0 aromatic heterocycles. The number of amides is 1. The van der Waals surface area contributed by atoms with Crippen LogP contribution in [0.3, 0.4) is 0 Å². The van der Waals surface area contributed by atoms with Crippen LogP contribution >= 0.6 is 0 Å². The molecular formula is C14H18FN3O3. The lowest BCUT2D eigenvalue weighted by Gasteiger charge is -2.17. The first-order valence-electron chi connectivity index (χ1n) is 6.95. The highest BCUT2D eigenvalue weighted by atomic mass is 19.1. The maximum atomic E-state index is 13.8. The van der Waals surface area contributed by atoms with Crippen molar-refractivity contribution in [2.45, 2.75) is 20.3 Å². The number of nitrogens with zero attached hydrogens (tertiary/aromatic N) is 2. The summed E-state index contributed by atoms with van der Waals surface area (Å²) in [6.07, 6.45) is 0.876. The molecule has 1 aromatic rings. The lowest BCUT2D eigenvalue weighted by molar-refractivity contribution is -0.385. The predicted octanol–water partition coefficient (Wildman–Crippen LogP) is 2.65. The summed E-state index contributed by atoms with van der Waals surface area (Å²) in [6.45, 7) is 5.42. The molecule has 0 aliphatic carbocycles. The van der Waals surface area contributed by atoms with Gasteiger partial charge in [0.2, 0.25) is 0 Å². The molecule has 1 N–H and O–H groups in total. The van der Waals surface area contributed by atoms with Crippen molar-refractivity contribution >= 4 is 17.3 Å². The Morgan fingerprint density at radius 2 is 2.29 bits per heavy atom. The Balaban J connectivity index is 2.41. The van der Waals surface area contributed by atoms with E-state index in [0.29, 0.717) is 25.6 Å². The summed E-state index contributed by atoms with van der Waals surface area (Å²) in [5, 5.41) is 13.8. The van der Waals surface area contributed by atoms with Gasteiger partial charge in [0.1, 0.15) is 5.56 Å². The van der Waals surface area contributed by atoms with E-state index >= 15 is 0 Å². The molecule has 1 amide bonds. The topological polar surface area (TPSA) is 75.5 Å². The molecule has 1 heterocycles. The standard InChI is InChI=1S/C14H18FN3O3/c1-3-16-12-6-10(13(18(20)21)7-11(12)15)14(19)17-5-4-9(2)8-17/h6-7,9,16H,3-5,8H2,1-2H3. The van der Waals surface area contributed by atoms with Crippen molar-refractivity contribution in [3.63, 3.8) is 0 Å². The molecule has 1 aromatic carbocycles. The van der Waals surface area contributed by atoms with E-state index < -0.39 is 22.3 Å². The first-order chi connectivity index (χ1) is 9.93. The second-order valence-corrected chi connectivity index (χ2v) is 5.28. The molecule has 1 fully saturated rings. The van der Waals surface area contributed by atoms with Crippen molar-refractivity contribution in [2.75, 3.05) is 25.0 Å². The Hall–Kier alpha value is -2.18. The van der Waals surface area contributed by atoms with Crippen LogP contribution in [-0.4, -0.2) is 35.4 Å². The lowest BCUT2D eigenvalue weighted by atomic mass is 10.1. The summed E-state index contributed by atoms with van der Waals surface area (Å²) in [6, 6.07) is 2.05. The predicted molar refractivity (Wildman–Crippen MR) is 76.9 cm³/mol. The van der Waals surface area contributed by atoms with Gasteiger partial charge in [-0.15, -0.1) is 0 Å². The van der Waals surface area contributed by atoms with Crippen LogP contribution in [0.1, 0.15) is 30.6 Å². The van der Waals surface area contributed by atoms with Crippen LogP contribution in [-0.2, 0) is 0 Å². The zero-order valence-corrected chi connectivity index (χ0v) is 12.1. The van der Waals surface area contributed by atoms with Crippen LogP contribution in [0.5, 0.6) is 0 Å². The smallest absolute Gasteiger partial charge is 0.285 e. The summed E-state index contributed by atoms with van der Waals surface area (Å²) in [5.74, 6) is -0.762. The monoisotopic (exact) mass is 295 g/mol. The Morgan fingerprint density at radius 3 is 2.81 bits per heavy atom. The van der Waals surface area contributed by atoms with Gasteiger partial charge in [-0.05, 0) is 25.3 Å². The number of nitrogens with one attached hydrogen (secondary N) is 1. The largest absolute Gasteiger partial charge is 0.383 e. The van der Waals surface area contributed by atoms with Gasteiger partial charge in [-0.2, -0.15) is 0 Å². The van der Waals surface area contributed by atoms with E-state index in [1.165, 1.54) is 6.07 Å². The molecule has 2 rings (SSSR count). The lowest BCUT2D eigenvalue weighted by Crippen LogP contribution is -2.29. The third-order valence-corrected chi connectivity index (χ3v) is 3.59. The van der Waals surface area contributed by atoms with E-state index in [9.17, 15) is 19.3 Å². The van der Waals surface area contributed by atoms with E-state index in [-0.39, 0.29) is 11.3 Å². The fourth-order valence-electron chi connectivity index (χ4n) is 2.50. The highest BCUT2D eigenvalue weighted by Crippen LogP contribution is 2.29. The zero-order chi connectivity index (χ0) is 15.6. The molecule has 1 atom stereocenters. The molecule has 0 saturated carbocycles. The van der Waals surface area contributed by atoms with E-state index in [2.05, 4.69) is 5.32 Å². The van der Waals surface area contributed by atoms with Crippen molar-refractivity contribution in [2.24, 2.45) is 5.92 Å². The Morgan fingerprint density at radius 1 is 1.57 bits per heavy atom. The number of halogens is 1. The molecule has 0 bridgehead atoms. The number of rotatable bonds is 4. The average molecular weight is 295 g/mol. The van der Waals surface area contributed by atoms with Gasteiger partial charge in [-0.1, -0.05) is 6.92 Å². The molecule has 1 unspecified atom stereocenters. The van der Waals surface area contributed by atoms with Gasteiger partial charge in [0, 0.05) is 19.6 Å². The van der Waals surface area contributed by atoms with Crippen molar-refractivity contribution in [3.05, 3.63) is 33.6 Å². The molecule has 0 spiro atoms. The second-order valence-electron chi connectivity index (χ2n) is 5.28. The molecule has 1 aliphatic heterocycles. The quantitative estimate of drug-likeness (QED) is 0.684. The number of anilines is 1. The summed E-state index contributed by atoms with van der Waals surface area (Å²) in [4.78, 5) is 24.4. The minimum absolute atomic E-state index is 0.0635. The number of carbonyl (C=O) groups excluding carboxylic acids is 1. The van der Waals surface area contributed by atoms with Gasteiger partial charge in [-0.25, -0.2) is 4.39 Å². The highest BCUT2D eigenvalue weighted by molar-refractivity contribution is 5.99. The Kier molecular flexibility index (Phi) is 4.40. The number of hydrogen-bond acceptors (Lipinski definition) is 4. The molecule has 1 saturated heterocycles. The first-order valence-corrected chi connectivity index (χ1v) is 6.95. The maximum absolute atomic E-state index is 13.8. The van der Waals surface area contributed by atoms with Crippen LogP contribution in [0.25, 0.3) is 0 Å². The van der Waals surface area contributed by atoms with Gasteiger partial charge in [-0.3, -0.25) is 14.9 Å². The SMILES string of the molecule is CCNc1cc(C(=O)N2CCC(C)C2)c([N+](=O)[O-])cc1F. The van der Waals surface area contributed by atoms with E-state index in [1.54, 1.807) is 11.8 Å². The molecule has 6 nitrogen and oxygen atoms in total. The molecule has 21 heavy (non-hydrogen) atoms. The van der Waals surface area contributed by atoms with Gasteiger partial charge >= 0.3 is 0 Å². The van der Waals surface area contributed by atoms with E-state index in [1.807, 2.05) is 6.92 Å². The third kappa shape index (κ3) is 3.12. The van der Waals surface area contributed by atoms with Gasteiger partial charge in [0.25, 0.3) is 11.6 Å². The van der Waals surface area contributed by atoms with Crippen LogP contribution in [0.15, 0.2) is 12.1 Å². The molecule has 0 radical (unpaired) electrons. The van der Waals surface area contributed by atoms with Crippen LogP contribution in [0.2, 0.25) is 0 Å². The minimum Gasteiger partial charge on any atom is -0.383 e. The summed E-state index contributed by atoms with van der Waals surface area (Å²) < 4.78 is 13.8. The number of benzene rings is 1. The summed E-state index contributed by atoms with van der Waals surface area (Å²) in [5.41, 5.74) is -0.441. The van der Waals surface area contributed by atoms with E-state index in [0.717, 1.165) is 12.5 Å². The van der Waals surface area contributed by atoms with Crippen LogP contribution in [0.4, 0.5) is 15.8 Å². The first kappa shape index (κ1) is 15.2. The Labute approximate surface area is 122 Å². The van der Waals surface area contributed by atoms with Gasteiger partial charge in [0.15, 0.2) is 5.82 Å². The third-order valence-electron chi connectivity index (χ3n) is 3.59. The fourth-order valence-corrected chi connectivity index (χ4v) is 2.50. The van der Waals surface area contributed by atoms with E-state index in [4.69, 9.17) is 0 Å². The zero-order valence-electron chi connectivity index (χ0n) is 12.1. The molecular weight excluding hydrogens is 277 g/mol. The number of likely N-dealkylation sites (tertiary alicyclic amines) is 1. The molecule has 1 aliphatic rings. The second kappa shape index (κ2) is 6.07. The summed E-state index contributed by atoms with van der Waals surface area (Å²) in [7, 11) is 0. The number of hydrogen-bond donors (Lipinski definition) is 1. The Bertz CT molecular complexity index is 577. The molecule has 7 heteroatoms. The van der Waals surface area contributed by atoms with Gasteiger partial charge < -0.3 is 10.2 Å². The average Bonchev–Trinajstić information content (AvgIpc) is 2.86. The van der Waals surface area contributed by atoms with Crippen molar-refractivity contribution in [1.82, 2.24) is 4.90 Å². The van der Waals surface area contributed by atoms with Gasteiger partial charge in [0.05, 0.1) is 16.7 Å². The number of nitro benzene ring substituents is 1. The fraction of sp³-hybridized carbons (Fsp3) is 0.500. The van der Waals surface area contributed by atoms with Crippen LogP contribution < -0.4 is 5.32 Å². The van der Waals surface area contributed by atoms with Crippen molar-refractivity contribution in [3.8, 4) is 0 Å². The minimum atomic E-state index is -0.727. The normalized spacial score (nSPS) is 17.9. The maximum Gasteiger partial charge on any atom is 0.285 e.